The average molecular weight is 575 g/mol. The Balaban J connectivity index is 1.25. The Kier molecular flexibility index (Phi) is 6.07. The van der Waals surface area contributed by atoms with Crippen molar-refractivity contribution >= 4 is 39.1 Å². The number of fused-ring (bicyclic) bond motifs is 5. The van der Waals surface area contributed by atoms with Gasteiger partial charge in [-0.3, -0.25) is 9.88 Å². The molecular formula is C31H32ClFN6O2. The lowest BCUT2D eigenvalue weighted by Gasteiger charge is -2.34. The third-order valence-electron chi connectivity index (χ3n) is 9.53. The smallest absolute Gasteiger partial charge is 0.319 e. The van der Waals surface area contributed by atoms with E-state index in [1.165, 1.54) is 0 Å². The van der Waals surface area contributed by atoms with Gasteiger partial charge < -0.3 is 20.1 Å². The van der Waals surface area contributed by atoms with Gasteiger partial charge in [0, 0.05) is 53.9 Å². The van der Waals surface area contributed by atoms with E-state index in [-0.39, 0.29) is 28.9 Å². The molecule has 2 bridgehead atoms. The minimum absolute atomic E-state index is 0.160. The molecule has 0 radical (unpaired) electrons. The number of aliphatic hydroxyl groups is 1. The summed E-state index contributed by atoms with van der Waals surface area (Å²) >= 11 is 6.60. The van der Waals surface area contributed by atoms with Gasteiger partial charge in [0.25, 0.3) is 0 Å². The van der Waals surface area contributed by atoms with E-state index in [4.69, 9.17) is 21.3 Å². The van der Waals surface area contributed by atoms with Gasteiger partial charge in [-0.25, -0.2) is 4.39 Å². The van der Waals surface area contributed by atoms with E-state index in [0.717, 1.165) is 56.1 Å². The quantitative estimate of drug-likeness (QED) is 0.359. The number of pyridine rings is 1. The van der Waals surface area contributed by atoms with Crippen LogP contribution < -0.4 is 15.0 Å². The monoisotopic (exact) mass is 574 g/mol. The second kappa shape index (κ2) is 9.73. The standard InChI is InChI=1S/C31H32ClFN6O2/c32-24-7-2-5-18-4-1-6-22(25(18)24)27-26(33)28-23(13-34-27)29(38-14-19-8-9-20(15-38)35-19)37-30(36-28)41-17-31-10-3-11-39(31)16-21(40)12-31/h1-2,4-7,13,19-21,35,40H,3,8-12,14-17H2/t19?,20?,21-,31+/m1/s1. The minimum Gasteiger partial charge on any atom is -0.461 e. The van der Waals surface area contributed by atoms with Gasteiger partial charge in [0.15, 0.2) is 5.82 Å². The topological polar surface area (TPSA) is 86.6 Å². The first-order valence-corrected chi connectivity index (χ1v) is 15.0. The van der Waals surface area contributed by atoms with Crippen LogP contribution in [0.1, 0.15) is 32.1 Å². The van der Waals surface area contributed by atoms with E-state index in [0.29, 0.717) is 53.4 Å². The highest BCUT2D eigenvalue weighted by Gasteiger charge is 2.48. The minimum atomic E-state index is -0.515. The Bertz CT molecular complexity index is 1650. The summed E-state index contributed by atoms with van der Waals surface area (Å²) < 4.78 is 22.9. The molecule has 0 aliphatic carbocycles. The van der Waals surface area contributed by atoms with E-state index in [2.05, 4.69) is 25.1 Å². The van der Waals surface area contributed by atoms with Gasteiger partial charge in [0.05, 0.1) is 17.0 Å². The Morgan fingerprint density at radius 1 is 1.10 bits per heavy atom. The molecule has 212 valence electrons. The number of anilines is 1. The Hall–Kier alpha value is -3.11. The number of rotatable bonds is 5. The number of ether oxygens (including phenoxy) is 1. The van der Waals surface area contributed by atoms with Crippen LogP contribution in [0, 0.1) is 5.82 Å². The molecule has 0 amide bonds. The van der Waals surface area contributed by atoms with Crippen LogP contribution in [0.5, 0.6) is 6.01 Å². The lowest BCUT2D eigenvalue weighted by Crippen LogP contribution is -2.51. The molecule has 4 aliphatic heterocycles. The molecule has 8 nitrogen and oxygen atoms in total. The molecule has 10 heteroatoms. The van der Waals surface area contributed by atoms with Gasteiger partial charge in [0.2, 0.25) is 0 Å². The van der Waals surface area contributed by atoms with Gasteiger partial charge in [0.1, 0.15) is 23.6 Å². The van der Waals surface area contributed by atoms with Crippen LogP contribution in [0.15, 0.2) is 42.6 Å². The summed E-state index contributed by atoms with van der Waals surface area (Å²) in [6, 6.07) is 12.3. The first kappa shape index (κ1) is 25.6. The van der Waals surface area contributed by atoms with Crippen LogP contribution in [0.4, 0.5) is 10.2 Å². The highest BCUT2D eigenvalue weighted by atomic mass is 35.5. The van der Waals surface area contributed by atoms with Crippen molar-refractivity contribution in [2.24, 2.45) is 0 Å². The van der Waals surface area contributed by atoms with Gasteiger partial charge in [-0.15, -0.1) is 0 Å². The number of hydrogen-bond acceptors (Lipinski definition) is 8. The summed E-state index contributed by atoms with van der Waals surface area (Å²) in [7, 11) is 0. The summed E-state index contributed by atoms with van der Waals surface area (Å²) in [5.41, 5.74) is 0.785. The average Bonchev–Trinajstić information content (AvgIpc) is 3.62. The number of nitrogens with zero attached hydrogens (tertiary/aromatic N) is 5. The second-order valence-corrected chi connectivity index (χ2v) is 12.5. The predicted octanol–water partition coefficient (Wildman–Crippen LogP) is 4.56. The number of nitrogens with one attached hydrogen (secondary N) is 1. The van der Waals surface area contributed by atoms with Crippen molar-refractivity contribution in [1.82, 2.24) is 25.2 Å². The van der Waals surface area contributed by atoms with E-state index in [1.54, 1.807) is 6.20 Å². The first-order valence-electron chi connectivity index (χ1n) is 14.6. The molecular weight excluding hydrogens is 543 g/mol. The van der Waals surface area contributed by atoms with Crippen molar-refractivity contribution in [3.05, 3.63) is 53.4 Å². The SMILES string of the molecule is O[C@H]1CN2CCC[C@@]2(COc2nc(N3CC4CCC(C3)N4)c3cnc(-c4cccc5cccc(Cl)c45)c(F)c3n2)C1. The number of halogens is 2. The third kappa shape index (κ3) is 4.24. The number of aromatic nitrogens is 3. The molecule has 2 aromatic heterocycles. The highest BCUT2D eigenvalue weighted by Crippen LogP contribution is 2.41. The van der Waals surface area contributed by atoms with Crippen LogP contribution in [-0.2, 0) is 0 Å². The van der Waals surface area contributed by atoms with Gasteiger partial charge in [-0.2, -0.15) is 9.97 Å². The molecule has 2 unspecified atom stereocenters. The zero-order chi connectivity index (χ0) is 27.7. The van der Waals surface area contributed by atoms with Gasteiger partial charge in [-0.1, -0.05) is 41.9 Å². The number of hydrogen-bond donors (Lipinski definition) is 2. The summed E-state index contributed by atoms with van der Waals surface area (Å²) in [4.78, 5) is 18.7. The summed E-state index contributed by atoms with van der Waals surface area (Å²) in [6.45, 7) is 3.54. The normalized spacial score (nSPS) is 27.7. The van der Waals surface area contributed by atoms with Crippen LogP contribution in [0.3, 0.4) is 0 Å². The molecule has 4 aromatic rings. The molecule has 4 fully saturated rings. The molecule has 0 saturated carbocycles. The molecule has 2 aromatic carbocycles. The largest absolute Gasteiger partial charge is 0.461 e. The summed E-state index contributed by atoms with van der Waals surface area (Å²) in [6.07, 6.45) is 6.26. The molecule has 2 N–H and O–H groups in total. The second-order valence-electron chi connectivity index (χ2n) is 12.1. The Labute approximate surface area is 242 Å². The van der Waals surface area contributed by atoms with Crippen molar-refractivity contribution in [3.63, 3.8) is 0 Å². The van der Waals surface area contributed by atoms with Crippen LogP contribution in [-0.4, -0.2) is 81.5 Å². The van der Waals surface area contributed by atoms with Crippen LogP contribution >= 0.6 is 11.6 Å². The summed E-state index contributed by atoms with van der Waals surface area (Å²) in [5, 5.41) is 16.8. The molecule has 0 spiro atoms. The Morgan fingerprint density at radius 3 is 2.73 bits per heavy atom. The van der Waals surface area contributed by atoms with Crippen molar-refractivity contribution in [1.29, 1.82) is 0 Å². The molecule has 6 heterocycles. The van der Waals surface area contributed by atoms with E-state index < -0.39 is 5.82 Å². The Morgan fingerprint density at radius 2 is 1.90 bits per heavy atom. The number of aliphatic hydroxyl groups excluding tert-OH is 1. The fourth-order valence-electron chi connectivity index (χ4n) is 7.67. The lowest BCUT2D eigenvalue weighted by atomic mass is 9.94. The van der Waals surface area contributed by atoms with Crippen molar-refractivity contribution in [2.75, 3.05) is 37.7 Å². The van der Waals surface area contributed by atoms with Crippen molar-refractivity contribution < 1.29 is 14.2 Å². The van der Waals surface area contributed by atoms with E-state index in [9.17, 15) is 5.11 Å². The number of piperazine rings is 1. The fraction of sp³-hybridized carbons (Fsp3) is 0.452. The number of β-amino-alcohol motifs (C(OH)–C–C–N with tert-alkyl or cyclic N) is 1. The summed E-state index contributed by atoms with van der Waals surface area (Å²) in [5.74, 6) is 0.142. The van der Waals surface area contributed by atoms with Crippen molar-refractivity contribution in [2.45, 2.75) is 55.8 Å². The van der Waals surface area contributed by atoms with E-state index >= 15 is 4.39 Å². The molecule has 4 aliphatic rings. The molecule has 8 rings (SSSR count). The zero-order valence-corrected chi connectivity index (χ0v) is 23.4. The number of benzene rings is 2. The van der Waals surface area contributed by atoms with Gasteiger partial charge >= 0.3 is 6.01 Å². The highest BCUT2D eigenvalue weighted by molar-refractivity contribution is 6.36. The maximum absolute atomic E-state index is 16.6. The fourth-order valence-corrected chi connectivity index (χ4v) is 7.95. The van der Waals surface area contributed by atoms with E-state index in [1.807, 2.05) is 36.4 Å². The van der Waals surface area contributed by atoms with Crippen LogP contribution in [0.25, 0.3) is 32.9 Å². The predicted molar refractivity (Wildman–Crippen MR) is 157 cm³/mol. The van der Waals surface area contributed by atoms with Gasteiger partial charge in [-0.05, 0) is 50.1 Å². The van der Waals surface area contributed by atoms with Crippen molar-refractivity contribution in [3.8, 4) is 17.3 Å². The molecule has 41 heavy (non-hydrogen) atoms. The third-order valence-corrected chi connectivity index (χ3v) is 9.84. The van der Waals surface area contributed by atoms with Crippen LogP contribution in [0.2, 0.25) is 5.02 Å². The maximum Gasteiger partial charge on any atom is 0.319 e. The first-order chi connectivity index (χ1) is 20.0. The molecule has 4 atom stereocenters. The lowest BCUT2D eigenvalue weighted by molar-refractivity contribution is 0.107. The molecule has 4 saturated heterocycles. The zero-order valence-electron chi connectivity index (χ0n) is 22.7. The maximum atomic E-state index is 16.6.